The molecule has 1 aliphatic heterocycles. The predicted octanol–water partition coefficient (Wildman–Crippen LogP) is -0.0143. The van der Waals surface area contributed by atoms with E-state index >= 15 is 0 Å². The highest BCUT2D eigenvalue weighted by Crippen LogP contribution is 2.38. The number of esters is 4. The van der Waals surface area contributed by atoms with E-state index < -0.39 is 71.4 Å². The Morgan fingerprint density at radius 1 is 1.03 bits per heavy atom. The summed E-state index contributed by atoms with van der Waals surface area (Å²) in [6.45, 7) is 4.15. The molecule has 0 bridgehead atoms. The van der Waals surface area contributed by atoms with Gasteiger partial charge in [0, 0.05) is 34.8 Å². The van der Waals surface area contributed by atoms with E-state index in [1.807, 2.05) is 0 Å². The van der Waals surface area contributed by atoms with Crippen LogP contribution in [-0.4, -0.2) is 85.6 Å². The van der Waals surface area contributed by atoms with Gasteiger partial charge in [-0.1, -0.05) is 15.9 Å². The monoisotopic (exact) mass is 525 g/mol. The Hall–Kier alpha value is -2.25. The number of carbonyl (C=O) groups is 5. The lowest BCUT2D eigenvalue weighted by Gasteiger charge is -2.47. The van der Waals surface area contributed by atoms with Crippen LogP contribution in [0.25, 0.3) is 0 Å². The molecular weight excluding hydrogens is 498 g/mol. The fourth-order valence-corrected chi connectivity index (χ4v) is 4.19. The van der Waals surface area contributed by atoms with Crippen LogP contribution >= 0.6 is 15.9 Å². The van der Waals surface area contributed by atoms with Crippen LogP contribution in [0, 0.1) is 0 Å². The van der Waals surface area contributed by atoms with Gasteiger partial charge in [-0.05, 0) is 6.42 Å². The molecule has 182 valence electrons. The molecule has 1 amide bonds. The highest BCUT2D eigenvalue weighted by Gasteiger charge is 2.58. The van der Waals surface area contributed by atoms with E-state index in [1.165, 1.54) is 14.0 Å². The third kappa shape index (κ3) is 7.14. The van der Waals surface area contributed by atoms with E-state index in [-0.39, 0.29) is 6.42 Å². The molecule has 1 rings (SSSR count). The molecule has 0 aliphatic carbocycles. The van der Waals surface area contributed by atoms with E-state index in [4.69, 9.17) is 28.4 Å². The van der Waals surface area contributed by atoms with Gasteiger partial charge in [-0.3, -0.25) is 19.2 Å². The number of nitrogens with one attached hydrogen (secondary N) is 1. The van der Waals surface area contributed by atoms with Crippen molar-refractivity contribution in [3.8, 4) is 0 Å². The molecule has 1 heterocycles. The molecule has 12 nitrogen and oxygen atoms in total. The normalized spacial score (nSPS) is 26.8. The van der Waals surface area contributed by atoms with E-state index in [1.54, 1.807) is 0 Å². The van der Waals surface area contributed by atoms with Crippen LogP contribution in [0.2, 0.25) is 0 Å². The largest absolute Gasteiger partial charge is 0.465 e. The number of rotatable bonds is 9. The van der Waals surface area contributed by atoms with E-state index in [0.717, 1.165) is 27.9 Å². The van der Waals surface area contributed by atoms with Gasteiger partial charge in [-0.25, -0.2) is 4.79 Å². The van der Waals surface area contributed by atoms with E-state index in [2.05, 4.69) is 21.2 Å². The molecule has 0 saturated carbocycles. The zero-order valence-corrected chi connectivity index (χ0v) is 20.3. The van der Waals surface area contributed by atoms with Crippen LogP contribution in [0.3, 0.4) is 0 Å². The van der Waals surface area contributed by atoms with Gasteiger partial charge in [0.2, 0.25) is 5.91 Å². The molecule has 0 unspecified atom stereocenters. The standard InChI is InChI=1S/C19H28BrNO11/c1-9(22)21-13-7-15(20)19(28-6,18(26)27-5)32-16(13)17(31-12(4)25)14(30-11(3)24)8-29-10(2)23/h13-17H,7-8H2,1-6H3,(H,21,22)/t13-,14-,15-,16-,17-,19+/m1/s1. The summed E-state index contributed by atoms with van der Waals surface area (Å²) >= 11 is 3.33. The van der Waals surface area contributed by atoms with E-state index in [0.29, 0.717) is 0 Å². The average Bonchev–Trinajstić information content (AvgIpc) is 2.68. The van der Waals surface area contributed by atoms with Crippen molar-refractivity contribution in [3.63, 3.8) is 0 Å². The number of hydrogen-bond acceptors (Lipinski definition) is 11. The Bertz CT molecular complexity index is 730. The first-order chi connectivity index (χ1) is 14.9. The summed E-state index contributed by atoms with van der Waals surface area (Å²) in [5, 5.41) is 2.67. The third-order valence-electron chi connectivity index (χ3n) is 4.50. The summed E-state index contributed by atoms with van der Waals surface area (Å²) in [6, 6.07) is -0.829. The quantitative estimate of drug-likeness (QED) is 0.245. The molecule has 0 aromatic rings. The van der Waals surface area contributed by atoms with Crippen molar-refractivity contribution in [2.24, 2.45) is 0 Å². The molecule has 1 aliphatic rings. The third-order valence-corrected chi connectivity index (χ3v) is 5.48. The lowest BCUT2D eigenvalue weighted by Crippen LogP contribution is -2.67. The van der Waals surface area contributed by atoms with Crippen LogP contribution in [0.4, 0.5) is 0 Å². The molecule has 0 spiro atoms. The van der Waals surface area contributed by atoms with Gasteiger partial charge in [0.1, 0.15) is 12.7 Å². The number of alkyl halides is 1. The van der Waals surface area contributed by atoms with Gasteiger partial charge >= 0.3 is 23.9 Å². The topological polar surface area (TPSA) is 153 Å². The second-order valence-corrected chi connectivity index (χ2v) is 8.09. The van der Waals surface area contributed by atoms with Gasteiger partial charge in [0.15, 0.2) is 12.2 Å². The number of halogens is 1. The summed E-state index contributed by atoms with van der Waals surface area (Å²) in [7, 11) is 2.34. The fraction of sp³-hybridized carbons (Fsp3) is 0.737. The molecule has 6 atom stereocenters. The molecular formula is C19H28BrNO11. The van der Waals surface area contributed by atoms with Crippen molar-refractivity contribution in [1.29, 1.82) is 0 Å². The Labute approximate surface area is 193 Å². The lowest BCUT2D eigenvalue weighted by atomic mass is 9.90. The molecule has 0 aromatic heterocycles. The minimum absolute atomic E-state index is 0.0747. The van der Waals surface area contributed by atoms with Crippen molar-refractivity contribution in [3.05, 3.63) is 0 Å². The minimum atomic E-state index is -1.98. The molecule has 13 heteroatoms. The molecule has 0 radical (unpaired) electrons. The number of ether oxygens (including phenoxy) is 6. The summed E-state index contributed by atoms with van der Waals surface area (Å²) in [4.78, 5) is 58.5. The van der Waals surface area contributed by atoms with Crippen LogP contribution in [0.15, 0.2) is 0 Å². The van der Waals surface area contributed by atoms with Crippen molar-refractivity contribution in [2.45, 2.75) is 69.1 Å². The SMILES string of the molecule is COC(=O)[C@@]1(OC)O[C@@H]([C@H](OC(C)=O)[C@@H](COC(C)=O)OC(C)=O)[C@H](NC(C)=O)C[C@H]1Br. The summed E-state index contributed by atoms with van der Waals surface area (Å²) in [5.41, 5.74) is 0. The molecule has 32 heavy (non-hydrogen) atoms. The van der Waals surface area contributed by atoms with Gasteiger partial charge in [0.05, 0.1) is 18.0 Å². The number of carbonyl (C=O) groups excluding carboxylic acids is 5. The zero-order chi connectivity index (χ0) is 24.6. The maximum atomic E-state index is 12.6. The maximum absolute atomic E-state index is 12.6. The predicted molar refractivity (Wildman–Crippen MR) is 109 cm³/mol. The summed E-state index contributed by atoms with van der Waals surface area (Å²) in [5.74, 6) is -5.50. The highest BCUT2D eigenvalue weighted by atomic mass is 79.9. The molecule has 1 fully saturated rings. The first kappa shape index (κ1) is 27.8. The number of hydrogen-bond donors (Lipinski definition) is 1. The van der Waals surface area contributed by atoms with Gasteiger partial charge in [-0.15, -0.1) is 0 Å². The second-order valence-electron chi connectivity index (χ2n) is 6.98. The maximum Gasteiger partial charge on any atom is 0.367 e. The Morgan fingerprint density at radius 2 is 1.62 bits per heavy atom. The van der Waals surface area contributed by atoms with Crippen molar-refractivity contribution >= 4 is 45.7 Å². The minimum Gasteiger partial charge on any atom is -0.465 e. The average molecular weight is 526 g/mol. The van der Waals surface area contributed by atoms with Crippen molar-refractivity contribution in [1.82, 2.24) is 5.32 Å². The van der Waals surface area contributed by atoms with Crippen LogP contribution in [0.1, 0.15) is 34.1 Å². The number of amides is 1. The highest BCUT2D eigenvalue weighted by molar-refractivity contribution is 9.09. The first-order valence-electron chi connectivity index (χ1n) is 9.58. The molecule has 1 N–H and O–H groups in total. The van der Waals surface area contributed by atoms with Gasteiger partial charge < -0.3 is 33.7 Å². The summed E-state index contributed by atoms with van der Waals surface area (Å²) in [6.07, 6.45) is -3.91. The Balaban J connectivity index is 3.52. The Kier molecular flexibility index (Phi) is 10.5. The molecule has 1 saturated heterocycles. The first-order valence-corrected chi connectivity index (χ1v) is 10.5. The second kappa shape index (κ2) is 12.1. The zero-order valence-electron chi connectivity index (χ0n) is 18.7. The van der Waals surface area contributed by atoms with Gasteiger partial charge in [-0.2, -0.15) is 0 Å². The Morgan fingerprint density at radius 3 is 2.06 bits per heavy atom. The summed E-state index contributed by atoms with van der Waals surface area (Å²) < 4.78 is 31.7. The fourth-order valence-electron chi connectivity index (χ4n) is 3.30. The molecule has 0 aromatic carbocycles. The van der Waals surface area contributed by atoms with Crippen molar-refractivity contribution < 1.29 is 52.4 Å². The lowest BCUT2D eigenvalue weighted by molar-refractivity contribution is -0.288. The smallest absolute Gasteiger partial charge is 0.367 e. The van der Waals surface area contributed by atoms with E-state index in [9.17, 15) is 24.0 Å². The van der Waals surface area contributed by atoms with Crippen molar-refractivity contribution in [2.75, 3.05) is 20.8 Å². The van der Waals surface area contributed by atoms with Crippen LogP contribution < -0.4 is 5.32 Å². The van der Waals surface area contributed by atoms with Crippen LogP contribution in [-0.2, 0) is 52.4 Å². The van der Waals surface area contributed by atoms with Crippen LogP contribution in [0.5, 0.6) is 0 Å². The number of methoxy groups -OCH3 is 2. The van der Waals surface area contributed by atoms with Gasteiger partial charge in [0.25, 0.3) is 5.79 Å².